The van der Waals surface area contributed by atoms with Gasteiger partial charge in [0.1, 0.15) is 0 Å². The van der Waals surface area contributed by atoms with Crippen molar-refractivity contribution in [2.45, 2.75) is 24.8 Å². The zero-order valence-corrected chi connectivity index (χ0v) is 14.1. The van der Waals surface area contributed by atoms with Gasteiger partial charge in [-0.1, -0.05) is 0 Å². The minimum absolute atomic E-state index is 0.138. The number of anilines is 1. The summed E-state index contributed by atoms with van der Waals surface area (Å²) in [6.07, 6.45) is 5.26. The molecular formula is C15H20N4O4S. The van der Waals surface area contributed by atoms with Gasteiger partial charge < -0.3 is 9.30 Å². The lowest BCUT2D eigenvalue weighted by atomic mass is 10.3. The Morgan fingerprint density at radius 2 is 2.04 bits per heavy atom. The Morgan fingerprint density at radius 3 is 2.67 bits per heavy atom. The van der Waals surface area contributed by atoms with E-state index in [1.807, 2.05) is 10.8 Å². The summed E-state index contributed by atoms with van der Waals surface area (Å²) in [5.41, 5.74) is 0.465. The van der Waals surface area contributed by atoms with Gasteiger partial charge >= 0.3 is 6.09 Å². The number of rotatable bonds is 8. The third-order valence-corrected chi connectivity index (χ3v) is 4.61. The second kappa shape index (κ2) is 8.46. The van der Waals surface area contributed by atoms with E-state index in [-0.39, 0.29) is 11.5 Å². The lowest BCUT2D eigenvalue weighted by molar-refractivity contribution is 0.168. The van der Waals surface area contributed by atoms with Gasteiger partial charge in [0, 0.05) is 31.2 Å². The Hall–Kier alpha value is -2.39. The summed E-state index contributed by atoms with van der Waals surface area (Å²) in [6, 6.07) is 5.88. The molecule has 0 aliphatic carbocycles. The van der Waals surface area contributed by atoms with Crippen LogP contribution in [0.5, 0.6) is 0 Å². The number of carbonyl (C=O) groups is 1. The highest BCUT2D eigenvalue weighted by Gasteiger charge is 2.13. The van der Waals surface area contributed by atoms with E-state index in [0.29, 0.717) is 25.2 Å². The smallest absolute Gasteiger partial charge is 0.411 e. The van der Waals surface area contributed by atoms with Crippen LogP contribution in [0.15, 0.2) is 47.9 Å². The molecule has 2 N–H and O–H groups in total. The van der Waals surface area contributed by atoms with Crippen molar-refractivity contribution in [1.82, 2.24) is 14.3 Å². The van der Waals surface area contributed by atoms with Crippen molar-refractivity contribution in [3.05, 3.63) is 43.0 Å². The molecule has 1 aromatic carbocycles. The van der Waals surface area contributed by atoms with Crippen molar-refractivity contribution in [3.8, 4) is 0 Å². The van der Waals surface area contributed by atoms with E-state index in [2.05, 4.69) is 15.0 Å². The van der Waals surface area contributed by atoms with Crippen LogP contribution in [0.25, 0.3) is 0 Å². The number of ether oxygens (including phenoxy) is 1. The Balaban J connectivity index is 1.85. The van der Waals surface area contributed by atoms with E-state index in [0.717, 1.165) is 0 Å². The average Bonchev–Trinajstić information content (AvgIpc) is 3.06. The fourth-order valence-electron chi connectivity index (χ4n) is 1.97. The third-order valence-electron chi connectivity index (χ3n) is 3.13. The predicted molar refractivity (Wildman–Crippen MR) is 89.1 cm³/mol. The van der Waals surface area contributed by atoms with E-state index in [9.17, 15) is 13.2 Å². The van der Waals surface area contributed by atoms with E-state index in [4.69, 9.17) is 4.74 Å². The van der Waals surface area contributed by atoms with Gasteiger partial charge in [-0.25, -0.2) is 22.9 Å². The van der Waals surface area contributed by atoms with Crippen LogP contribution >= 0.6 is 0 Å². The number of nitrogens with zero attached hydrogens (tertiary/aromatic N) is 2. The largest absolute Gasteiger partial charge is 0.450 e. The second-order valence-corrected chi connectivity index (χ2v) is 6.69. The summed E-state index contributed by atoms with van der Waals surface area (Å²) >= 11 is 0. The Morgan fingerprint density at radius 1 is 1.29 bits per heavy atom. The summed E-state index contributed by atoms with van der Waals surface area (Å²) in [5, 5.41) is 2.50. The van der Waals surface area contributed by atoms with Gasteiger partial charge in [0.25, 0.3) is 0 Å². The number of sulfonamides is 1. The standard InChI is InChI=1S/C15H20N4O4S/c1-2-23-15(20)18-13-4-6-14(7-5-13)24(21,22)17-8-3-10-19-11-9-16-12-19/h4-7,9,11-12,17H,2-3,8,10H2,1H3,(H,18,20). The highest BCUT2D eigenvalue weighted by Crippen LogP contribution is 2.14. The number of amides is 1. The molecule has 0 aliphatic rings. The SMILES string of the molecule is CCOC(=O)Nc1ccc(S(=O)(=O)NCCCn2ccnc2)cc1. The number of benzene rings is 1. The molecule has 0 saturated carbocycles. The third kappa shape index (κ3) is 5.36. The van der Waals surface area contributed by atoms with E-state index >= 15 is 0 Å². The van der Waals surface area contributed by atoms with E-state index in [1.54, 1.807) is 19.4 Å². The first-order chi connectivity index (χ1) is 11.5. The molecule has 0 unspecified atom stereocenters. The number of aryl methyl sites for hydroxylation is 1. The quantitative estimate of drug-likeness (QED) is 0.706. The second-order valence-electron chi connectivity index (χ2n) is 4.92. The van der Waals surface area contributed by atoms with E-state index in [1.165, 1.54) is 24.3 Å². The van der Waals surface area contributed by atoms with Crippen LogP contribution in [0.2, 0.25) is 0 Å². The maximum Gasteiger partial charge on any atom is 0.411 e. The molecule has 0 saturated heterocycles. The van der Waals surface area contributed by atoms with Crippen molar-refractivity contribution in [2.75, 3.05) is 18.5 Å². The van der Waals surface area contributed by atoms with Gasteiger partial charge in [-0.05, 0) is 37.6 Å². The van der Waals surface area contributed by atoms with Crippen LogP contribution in [0, 0.1) is 0 Å². The highest BCUT2D eigenvalue weighted by atomic mass is 32.2. The first-order valence-electron chi connectivity index (χ1n) is 7.50. The minimum atomic E-state index is -3.58. The number of hydrogen-bond donors (Lipinski definition) is 2. The van der Waals surface area contributed by atoms with Crippen LogP contribution in [0.4, 0.5) is 10.5 Å². The maximum absolute atomic E-state index is 12.2. The molecule has 0 spiro atoms. The van der Waals surface area contributed by atoms with Crippen LogP contribution < -0.4 is 10.0 Å². The molecule has 1 amide bonds. The number of carbonyl (C=O) groups excluding carboxylic acids is 1. The average molecular weight is 352 g/mol. The molecule has 0 radical (unpaired) electrons. The molecule has 2 rings (SSSR count). The zero-order valence-electron chi connectivity index (χ0n) is 13.3. The normalized spacial score (nSPS) is 11.2. The molecule has 130 valence electrons. The van der Waals surface area contributed by atoms with Gasteiger partial charge in [0.2, 0.25) is 10.0 Å². The topological polar surface area (TPSA) is 102 Å². The van der Waals surface area contributed by atoms with Crippen LogP contribution in [0.3, 0.4) is 0 Å². The summed E-state index contributed by atoms with van der Waals surface area (Å²) in [5.74, 6) is 0. The maximum atomic E-state index is 12.2. The molecule has 0 aliphatic heterocycles. The molecule has 1 heterocycles. The number of nitrogens with one attached hydrogen (secondary N) is 2. The summed E-state index contributed by atoms with van der Waals surface area (Å²) in [6.45, 7) is 2.98. The number of aromatic nitrogens is 2. The highest BCUT2D eigenvalue weighted by molar-refractivity contribution is 7.89. The molecule has 0 fully saturated rings. The Kier molecular flexibility index (Phi) is 6.33. The summed E-state index contributed by atoms with van der Waals surface area (Å²) < 4.78 is 33.6. The lowest BCUT2D eigenvalue weighted by Crippen LogP contribution is -2.25. The van der Waals surface area contributed by atoms with Gasteiger partial charge in [-0.2, -0.15) is 0 Å². The van der Waals surface area contributed by atoms with Crippen LogP contribution in [0.1, 0.15) is 13.3 Å². The fourth-order valence-corrected chi connectivity index (χ4v) is 3.05. The van der Waals surface area contributed by atoms with E-state index < -0.39 is 16.1 Å². The van der Waals surface area contributed by atoms with Crippen molar-refractivity contribution < 1.29 is 17.9 Å². The lowest BCUT2D eigenvalue weighted by Gasteiger charge is -2.09. The molecule has 24 heavy (non-hydrogen) atoms. The van der Waals surface area contributed by atoms with Gasteiger partial charge in [0.05, 0.1) is 17.8 Å². The van der Waals surface area contributed by atoms with Gasteiger partial charge in [-0.3, -0.25) is 5.32 Å². The number of imidazole rings is 1. The monoisotopic (exact) mass is 352 g/mol. The fraction of sp³-hybridized carbons (Fsp3) is 0.333. The first kappa shape index (κ1) is 18.0. The molecule has 2 aromatic rings. The van der Waals surface area contributed by atoms with Gasteiger partial charge in [-0.15, -0.1) is 0 Å². The van der Waals surface area contributed by atoms with Crippen molar-refractivity contribution in [3.63, 3.8) is 0 Å². The zero-order chi connectivity index (χ0) is 17.4. The molecule has 9 heteroatoms. The van der Waals surface area contributed by atoms with Gasteiger partial charge in [0.15, 0.2) is 0 Å². The molecular weight excluding hydrogens is 332 g/mol. The Bertz CT molecular complexity index is 742. The summed E-state index contributed by atoms with van der Waals surface area (Å²) in [4.78, 5) is 15.4. The first-order valence-corrected chi connectivity index (χ1v) is 8.99. The Labute approximate surface area is 140 Å². The molecule has 8 nitrogen and oxygen atoms in total. The molecule has 0 atom stereocenters. The van der Waals surface area contributed by atoms with Crippen molar-refractivity contribution in [2.24, 2.45) is 0 Å². The number of hydrogen-bond acceptors (Lipinski definition) is 5. The van der Waals surface area contributed by atoms with Crippen molar-refractivity contribution in [1.29, 1.82) is 0 Å². The van der Waals surface area contributed by atoms with Crippen LogP contribution in [-0.2, 0) is 21.3 Å². The van der Waals surface area contributed by atoms with Crippen molar-refractivity contribution >= 4 is 21.8 Å². The minimum Gasteiger partial charge on any atom is -0.450 e. The van der Waals surface area contributed by atoms with Crippen LogP contribution in [-0.4, -0.2) is 37.2 Å². The molecule has 0 bridgehead atoms. The molecule has 1 aromatic heterocycles. The summed E-state index contributed by atoms with van der Waals surface area (Å²) in [7, 11) is -3.58. The predicted octanol–water partition coefficient (Wildman–Crippen LogP) is 1.82.